The highest BCUT2D eigenvalue weighted by molar-refractivity contribution is 5.98. The fourth-order valence-electron chi connectivity index (χ4n) is 3.54. The Balaban J connectivity index is 1.53. The lowest BCUT2D eigenvalue weighted by molar-refractivity contribution is 0.575. The first kappa shape index (κ1) is 17.0. The molecule has 0 aromatic heterocycles. The van der Waals surface area contributed by atoms with Crippen molar-refractivity contribution in [2.24, 2.45) is 0 Å². The van der Waals surface area contributed by atoms with Crippen LogP contribution in [-0.2, 0) is 6.42 Å². The second-order valence-corrected chi connectivity index (χ2v) is 7.02. The molecule has 3 aromatic carbocycles. The minimum absolute atomic E-state index is 1.21. The standard InChI is InChI=1S/C24H29/c1-2-3-4-5-6-7-8-9-12-20-15-16-23-18-21-13-10-11-14-22(21)19-24(23)17-20/h10-11,14-19H,2-9,12H2,1H3. The highest BCUT2D eigenvalue weighted by Crippen LogP contribution is 2.24. The molecule has 0 bridgehead atoms. The molecule has 0 aliphatic carbocycles. The fourth-order valence-corrected chi connectivity index (χ4v) is 3.54. The van der Waals surface area contributed by atoms with Crippen LogP contribution in [0.5, 0.6) is 0 Å². The van der Waals surface area contributed by atoms with Gasteiger partial charge in [-0.05, 0) is 58.1 Å². The van der Waals surface area contributed by atoms with Crippen LogP contribution in [0.4, 0.5) is 0 Å². The summed E-state index contributed by atoms with van der Waals surface area (Å²) in [6.07, 6.45) is 12.3. The van der Waals surface area contributed by atoms with Crippen LogP contribution in [0.1, 0.15) is 63.9 Å². The summed E-state index contributed by atoms with van der Waals surface area (Å²) in [5, 5.41) is 5.18. The molecule has 1 radical (unpaired) electrons. The van der Waals surface area contributed by atoms with Crippen molar-refractivity contribution in [2.75, 3.05) is 0 Å². The van der Waals surface area contributed by atoms with Gasteiger partial charge in [0.2, 0.25) is 0 Å². The molecule has 0 heterocycles. The molecule has 0 heteroatoms. The topological polar surface area (TPSA) is 0 Å². The van der Waals surface area contributed by atoms with Gasteiger partial charge in [-0.15, -0.1) is 0 Å². The van der Waals surface area contributed by atoms with Crippen LogP contribution >= 0.6 is 0 Å². The molecule has 0 fully saturated rings. The fraction of sp³-hybridized carbons (Fsp3) is 0.417. The molecule has 0 unspecified atom stereocenters. The number of unbranched alkanes of at least 4 members (excludes halogenated alkanes) is 7. The van der Waals surface area contributed by atoms with E-state index in [1.165, 1.54) is 84.9 Å². The molecular weight excluding hydrogens is 288 g/mol. The lowest BCUT2D eigenvalue weighted by Crippen LogP contribution is -1.87. The predicted molar refractivity (Wildman–Crippen MR) is 107 cm³/mol. The van der Waals surface area contributed by atoms with Crippen LogP contribution < -0.4 is 0 Å². The van der Waals surface area contributed by atoms with Crippen molar-refractivity contribution in [1.29, 1.82) is 0 Å². The van der Waals surface area contributed by atoms with Crippen molar-refractivity contribution >= 4 is 21.5 Å². The third-order valence-corrected chi connectivity index (χ3v) is 5.00. The predicted octanol–water partition coefficient (Wildman–Crippen LogP) is 7.48. The number of aryl methyl sites for hydroxylation is 1. The van der Waals surface area contributed by atoms with E-state index in [-0.39, 0.29) is 0 Å². The van der Waals surface area contributed by atoms with Crippen molar-refractivity contribution in [3.8, 4) is 0 Å². The quantitative estimate of drug-likeness (QED) is 0.283. The van der Waals surface area contributed by atoms with Crippen molar-refractivity contribution in [3.63, 3.8) is 0 Å². The smallest absolute Gasteiger partial charge is 0.00988 e. The van der Waals surface area contributed by atoms with Gasteiger partial charge in [-0.2, -0.15) is 0 Å². The molecule has 0 saturated carbocycles. The monoisotopic (exact) mass is 317 g/mol. The van der Waals surface area contributed by atoms with Crippen molar-refractivity contribution < 1.29 is 0 Å². The van der Waals surface area contributed by atoms with E-state index in [4.69, 9.17) is 0 Å². The number of fused-ring (bicyclic) bond motifs is 2. The summed E-state index contributed by atoms with van der Waals surface area (Å²) in [6, 6.07) is 21.1. The van der Waals surface area contributed by atoms with E-state index >= 15 is 0 Å². The number of hydrogen-bond donors (Lipinski definition) is 0. The van der Waals surface area contributed by atoms with Gasteiger partial charge in [-0.3, -0.25) is 0 Å². The minimum Gasteiger partial charge on any atom is -0.0654 e. The average molecular weight is 317 g/mol. The van der Waals surface area contributed by atoms with E-state index in [1.54, 1.807) is 0 Å². The maximum Gasteiger partial charge on any atom is -0.00988 e. The van der Waals surface area contributed by atoms with Gasteiger partial charge < -0.3 is 0 Å². The highest BCUT2D eigenvalue weighted by atomic mass is 14.1. The Kier molecular flexibility index (Phi) is 6.29. The van der Waals surface area contributed by atoms with Crippen LogP contribution in [0.15, 0.2) is 48.5 Å². The zero-order valence-electron chi connectivity index (χ0n) is 15.0. The first-order chi connectivity index (χ1) is 11.9. The van der Waals surface area contributed by atoms with Gasteiger partial charge in [0, 0.05) is 0 Å². The summed E-state index contributed by atoms with van der Waals surface area (Å²) in [7, 11) is 0. The molecule has 0 N–H and O–H groups in total. The molecule has 125 valence electrons. The maximum atomic E-state index is 3.32. The van der Waals surface area contributed by atoms with E-state index in [0.717, 1.165) is 0 Å². The Labute approximate surface area is 146 Å². The second-order valence-electron chi connectivity index (χ2n) is 7.02. The van der Waals surface area contributed by atoms with Gasteiger partial charge in [0.05, 0.1) is 0 Å². The van der Waals surface area contributed by atoms with Crippen LogP contribution in [0.2, 0.25) is 0 Å². The summed E-state index contributed by atoms with van der Waals surface area (Å²) in [5.74, 6) is 0. The molecule has 24 heavy (non-hydrogen) atoms. The largest absolute Gasteiger partial charge is 0.0654 e. The van der Waals surface area contributed by atoms with E-state index < -0.39 is 0 Å². The Morgan fingerprint density at radius 3 is 2.33 bits per heavy atom. The first-order valence-electron chi connectivity index (χ1n) is 9.70. The molecule has 0 spiro atoms. The van der Waals surface area contributed by atoms with Crippen LogP contribution in [0.25, 0.3) is 21.5 Å². The van der Waals surface area contributed by atoms with Gasteiger partial charge in [0.15, 0.2) is 0 Å². The molecule has 3 rings (SSSR count). The summed E-state index contributed by atoms with van der Waals surface area (Å²) >= 11 is 0. The average Bonchev–Trinajstić information content (AvgIpc) is 2.62. The highest BCUT2D eigenvalue weighted by Gasteiger charge is 2.00. The molecule has 0 nitrogen and oxygen atoms in total. The van der Waals surface area contributed by atoms with Gasteiger partial charge in [-0.1, -0.05) is 88.3 Å². The zero-order valence-corrected chi connectivity index (χ0v) is 15.0. The first-order valence-corrected chi connectivity index (χ1v) is 9.70. The van der Waals surface area contributed by atoms with Crippen molar-refractivity contribution in [2.45, 2.75) is 64.7 Å². The Bertz CT molecular complexity index is 769. The van der Waals surface area contributed by atoms with E-state index in [1.807, 2.05) is 6.07 Å². The van der Waals surface area contributed by atoms with Crippen LogP contribution in [0.3, 0.4) is 0 Å². The summed E-state index contributed by atoms with van der Waals surface area (Å²) in [5.41, 5.74) is 1.48. The molecule has 0 aliphatic heterocycles. The Morgan fingerprint density at radius 2 is 1.50 bits per heavy atom. The molecule has 3 aromatic rings. The van der Waals surface area contributed by atoms with E-state index in [0.29, 0.717) is 0 Å². The van der Waals surface area contributed by atoms with E-state index in [9.17, 15) is 0 Å². The lowest BCUT2D eigenvalue weighted by Gasteiger charge is -2.06. The Morgan fingerprint density at radius 1 is 0.708 bits per heavy atom. The van der Waals surface area contributed by atoms with Crippen molar-refractivity contribution in [3.05, 3.63) is 60.2 Å². The normalized spacial score (nSPS) is 11.4. The molecule has 0 saturated heterocycles. The molecule has 0 atom stereocenters. The van der Waals surface area contributed by atoms with E-state index in [2.05, 4.69) is 55.5 Å². The van der Waals surface area contributed by atoms with Gasteiger partial charge in [0.1, 0.15) is 0 Å². The number of hydrogen-bond acceptors (Lipinski definition) is 0. The summed E-state index contributed by atoms with van der Waals surface area (Å²) in [4.78, 5) is 0. The third kappa shape index (κ3) is 4.60. The summed E-state index contributed by atoms with van der Waals surface area (Å²) < 4.78 is 0. The summed E-state index contributed by atoms with van der Waals surface area (Å²) in [6.45, 7) is 2.28. The van der Waals surface area contributed by atoms with Gasteiger partial charge in [-0.25, -0.2) is 0 Å². The molecule has 0 aliphatic rings. The number of benzene rings is 3. The molecular formula is C24H29. The lowest BCUT2D eigenvalue weighted by atomic mass is 9.99. The van der Waals surface area contributed by atoms with Gasteiger partial charge in [0.25, 0.3) is 0 Å². The zero-order chi connectivity index (χ0) is 16.6. The minimum atomic E-state index is 1.21. The van der Waals surface area contributed by atoms with Crippen LogP contribution in [-0.4, -0.2) is 0 Å². The van der Waals surface area contributed by atoms with Crippen molar-refractivity contribution in [1.82, 2.24) is 0 Å². The third-order valence-electron chi connectivity index (χ3n) is 5.00. The number of rotatable bonds is 9. The molecule has 0 amide bonds. The SMILES string of the molecule is CCCCCCCCCCc1ccc2cc3[c]cccc3cc2c1. The Hall–Kier alpha value is -1.82. The maximum absolute atomic E-state index is 3.32. The van der Waals surface area contributed by atoms with Crippen LogP contribution in [0, 0.1) is 6.07 Å². The van der Waals surface area contributed by atoms with Gasteiger partial charge >= 0.3 is 0 Å². The second kappa shape index (κ2) is 8.87.